The fraction of sp³-hybridized carbons (Fsp3) is 0.519. The third-order valence-electron chi connectivity index (χ3n) is 6.39. The smallest absolute Gasteiger partial charge is 0.327 e. The number of aliphatic hydroxyl groups is 1. The van der Waals surface area contributed by atoms with Crippen LogP contribution in [0.5, 0.6) is 0 Å². The molecule has 1 saturated heterocycles. The number of carbonyl (C=O) groups excluding carboxylic acids is 2. The van der Waals surface area contributed by atoms with Gasteiger partial charge in [0.15, 0.2) is 11.0 Å². The molecule has 5 nitrogen and oxygen atoms in total. The van der Waals surface area contributed by atoms with Gasteiger partial charge in [-0.15, -0.1) is 11.8 Å². The van der Waals surface area contributed by atoms with Gasteiger partial charge in [0.1, 0.15) is 5.60 Å². The number of hydrogen-bond donors (Lipinski definition) is 1. The summed E-state index contributed by atoms with van der Waals surface area (Å²) in [5.74, 6) is -0.577. The molecule has 1 fully saturated rings. The SMILES string of the molecule is Cc1cnc(C(C)(C)C)c(SC2C(=O)CC(CCc3ccccc3CO)(C(C)C)OC2=O)c1. The van der Waals surface area contributed by atoms with Crippen LogP contribution in [0.2, 0.25) is 0 Å². The zero-order chi connectivity index (χ0) is 24.4. The number of rotatable bonds is 7. The minimum Gasteiger partial charge on any atom is -0.457 e. The molecule has 1 aromatic heterocycles. The third kappa shape index (κ3) is 5.67. The average molecular weight is 470 g/mol. The molecular formula is C27H35NO4S. The molecule has 0 saturated carbocycles. The number of Topliss-reactive ketones (excluding diaryl/α,β-unsaturated/α-hetero) is 1. The van der Waals surface area contributed by atoms with Gasteiger partial charge in [-0.25, -0.2) is 0 Å². The van der Waals surface area contributed by atoms with Gasteiger partial charge in [0.2, 0.25) is 0 Å². The number of hydrogen-bond acceptors (Lipinski definition) is 6. The average Bonchev–Trinajstić information content (AvgIpc) is 2.74. The molecule has 6 heteroatoms. The summed E-state index contributed by atoms with van der Waals surface area (Å²) in [6, 6.07) is 9.69. The fourth-order valence-electron chi connectivity index (χ4n) is 4.30. The van der Waals surface area contributed by atoms with E-state index in [4.69, 9.17) is 4.74 Å². The highest BCUT2D eigenvalue weighted by Gasteiger charge is 2.49. The van der Waals surface area contributed by atoms with E-state index in [1.54, 1.807) is 0 Å². The lowest BCUT2D eigenvalue weighted by Gasteiger charge is -2.41. The molecule has 178 valence electrons. The van der Waals surface area contributed by atoms with Crippen molar-refractivity contribution in [3.05, 3.63) is 58.9 Å². The van der Waals surface area contributed by atoms with Crippen LogP contribution in [0.3, 0.4) is 0 Å². The van der Waals surface area contributed by atoms with Gasteiger partial charge >= 0.3 is 5.97 Å². The van der Waals surface area contributed by atoms with Crippen molar-refractivity contribution in [3.8, 4) is 0 Å². The number of ketones is 1. The van der Waals surface area contributed by atoms with Crippen LogP contribution in [0, 0.1) is 12.8 Å². The normalized spacial score (nSPS) is 21.4. The Morgan fingerprint density at radius 2 is 1.88 bits per heavy atom. The lowest BCUT2D eigenvalue weighted by Crippen LogP contribution is -2.52. The molecule has 1 N–H and O–H groups in total. The molecule has 0 amide bonds. The van der Waals surface area contributed by atoms with Crippen LogP contribution < -0.4 is 0 Å². The highest BCUT2D eigenvalue weighted by molar-refractivity contribution is 8.01. The Balaban J connectivity index is 1.82. The van der Waals surface area contributed by atoms with Crippen molar-refractivity contribution in [1.82, 2.24) is 4.98 Å². The van der Waals surface area contributed by atoms with Crippen molar-refractivity contribution in [1.29, 1.82) is 0 Å². The Morgan fingerprint density at radius 1 is 1.21 bits per heavy atom. The maximum absolute atomic E-state index is 13.3. The van der Waals surface area contributed by atoms with Crippen LogP contribution in [0.4, 0.5) is 0 Å². The molecule has 2 unspecified atom stereocenters. The predicted molar refractivity (Wildman–Crippen MR) is 131 cm³/mol. The monoisotopic (exact) mass is 469 g/mol. The molecule has 3 rings (SSSR count). The van der Waals surface area contributed by atoms with Gasteiger partial charge in [0, 0.05) is 22.9 Å². The first kappa shape index (κ1) is 25.4. The minimum absolute atomic E-state index is 0.0107. The molecule has 0 spiro atoms. The van der Waals surface area contributed by atoms with Crippen molar-refractivity contribution < 1.29 is 19.4 Å². The van der Waals surface area contributed by atoms with Gasteiger partial charge in [-0.1, -0.05) is 58.9 Å². The van der Waals surface area contributed by atoms with E-state index in [1.807, 2.05) is 57.3 Å². The minimum atomic E-state index is -0.883. The van der Waals surface area contributed by atoms with E-state index in [1.165, 1.54) is 11.8 Å². The predicted octanol–water partition coefficient (Wildman–Crippen LogP) is 5.18. The van der Waals surface area contributed by atoms with Crippen LogP contribution in [-0.2, 0) is 32.8 Å². The topological polar surface area (TPSA) is 76.5 Å². The lowest BCUT2D eigenvalue weighted by molar-refractivity contribution is -0.176. The lowest BCUT2D eigenvalue weighted by atomic mass is 9.78. The van der Waals surface area contributed by atoms with Crippen molar-refractivity contribution in [2.75, 3.05) is 0 Å². The third-order valence-corrected chi connectivity index (χ3v) is 7.64. The molecule has 0 bridgehead atoms. The quantitative estimate of drug-likeness (QED) is 0.445. The number of esters is 1. The number of aliphatic hydroxyl groups excluding tert-OH is 1. The van der Waals surface area contributed by atoms with Crippen LogP contribution in [0.25, 0.3) is 0 Å². The maximum Gasteiger partial charge on any atom is 0.327 e. The van der Waals surface area contributed by atoms with Crippen molar-refractivity contribution >= 4 is 23.5 Å². The van der Waals surface area contributed by atoms with E-state index in [9.17, 15) is 14.7 Å². The molecule has 0 radical (unpaired) electrons. The first-order valence-corrected chi connectivity index (χ1v) is 12.4. The molecule has 2 atom stereocenters. The van der Waals surface area contributed by atoms with Gasteiger partial charge in [-0.2, -0.15) is 0 Å². The second-order valence-corrected chi connectivity index (χ2v) is 11.5. The van der Waals surface area contributed by atoms with Crippen molar-refractivity contribution in [2.45, 2.75) is 88.6 Å². The van der Waals surface area contributed by atoms with E-state index in [-0.39, 0.29) is 30.1 Å². The molecule has 1 aromatic carbocycles. The van der Waals surface area contributed by atoms with E-state index in [0.29, 0.717) is 12.8 Å². The molecule has 1 aliphatic heterocycles. The number of aryl methyl sites for hydroxylation is 2. The summed E-state index contributed by atoms with van der Waals surface area (Å²) < 4.78 is 6.08. The first-order valence-electron chi connectivity index (χ1n) is 11.5. The van der Waals surface area contributed by atoms with Gasteiger partial charge in [0.05, 0.1) is 12.3 Å². The summed E-state index contributed by atoms with van der Waals surface area (Å²) in [5.41, 5.74) is 2.69. The summed E-state index contributed by atoms with van der Waals surface area (Å²) in [6.07, 6.45) is 3.18. The summed E-state index contributed by atoms with van der Waals surface area (Å²) in [6.45, 7) is 12.1. The second kappa shape index (κ2) is 9.98. The van der Waals surface area contributed by atoms with Gasteiger partial charge in [0.25, 0.3) is 0 Å². The molecule has 2 heterocycles. The number of cyclic esters (lactones) is 1. The van der Waals surface area contributed by atoms with Crippen molar-refractivity contribution in [3.63, 3.8) is 0 Å². The number of nitrogens with zero attached hydrogens (tertiary/aromatic N) is 1. The Kier molecular flexibility index (Phi) is 7.69. The second-order valence-electron chi connectivity index (χ2n) is 10.3. The summed E-state index contributed by atoms with van der Waals surface area (Å²) >= 11 is 1.26. The number of benzene rings is 1. The van der Waals surface area contributed by atoms with E-state index in [0.717, 1.165) is 27.3 Å². The zero-order valence-electron chi connectivity index (χ0n) is 20.5. The van der Waals surface area contributed by atoms with E-state index < -0.39 is 16.8 Å². The van der Waals surface area contributed by atoms with Gasteiger partial charge in [-0.05, 0) is 48.4 Å². The van der Waals surface area contributed by atoms with E-state index in [2.05, 4.69) is 25.8 Å². The zero-order valence-corrected chi connectivity index (χ0v) is 21.3. The molecule has 2 aromatic rings. The highest BCUT2D eigenvalue weighted by atomic mass is 32.2. The largest absolute Gasteiger partial charge is 0.457 e. The van der Waals surface area contributed by atoms with Gasteiger partial charge in [-0.3, -0.25) is 14.6 Å². The number of pyridine rings is 1. The number of aromatic nitrogens is 1. The Morgan fingerprint density at radius 3 is 2.45 bits per heavy atom. The molecule has 33 heavy (non-hydrogen) atoms. The van der Waals surface area contributed by atoms with Crippen LogP contribution in [0.1, 0.15) is 69.8 Å². The summed E-state index contributed by atoms with van der Waals surface area (Å²) in [7, 11) is 0. The fourth-order valence-corrected chi connectivity index (χ4v) is 5.63. The number of carbonyl (C=O) groups is 2. The Bertz CT molecular complexity index is 1010. The van der Waals surface area contributed by atoms with Crippen molar-refractivity contribution in [2.24, 2.45) is 5.92 Å². The molecule has 0 aliphatic carbocycles. The van der Waals surface area contributed by atoms with Crippen LogP contribution in [-0.4, -0.2) is 32.7 Å². The Labute approximate surface area is 201 Å². The standard InChI is InChI=1S/C27H35NO4S/c1-17(2)27(12-11-19-9-7-8-10-20(19)16-29)14-21(30)23(25(31)32-27)33-22-13-18(3)15-28-24(22)26(4,5)6/h7-10,13,15,17,23,29H,11-12,14,16H2,1-6H3. The summed E-state index contributed by atoms with van der Waals surface area (Å²) in [4.78, 5) is 32.0. The number of ether oxygens (including phenoxy) is 1. The molecular weight excluding hydrogens is 434 g/mol. The first-order chi connectivity index (χ1) is 15.5. The van der Waals surface area contributed by atoms with E-state index >= 15 is 0 Å². The molecule has 1 aliphatic rings. The Hall–Kier alpha value is -2.18. The highest BCUT2D eigenvalue weighted by Crippen LogP contribution is 2.42. The van der Waals surface area contributed by atoms with Gasteiger partial charge < -0.3 is 9.84 Å². The summed E-state index contributed by atoms with van der Waals surface area (Å²) in [5, 5.41) is 8.76. The number of thioether (sulfide) groups is 1. The maximum atomic E-state index is 13.3. The van der Waals surface area contributed by atoms with Crippen LogP contribution >= 0.6 is 11.8 Å². The van der Waals surface area contributed by atoms with Crippen LogP contribution in [0.15, 0.2) is 41.4 Å².